The Morgan fingerprint density at radius 1 is 1.19 bits per heavy atom. The summed E-state index contributed by atoms with van der Waals surface area (Å²) in [4.78, 5) is 23.0. The summed E-state index contributed by atoms with van der Waals surface area (Å²) in [5, 5.41) is 13.9. The van der Waals surface area contributed by atoms with Gasteiger partial charge in [0.1, 0.15) is 11.9 Å². The molecule has 0 aromatic carbocycles. The van der Waals surface area contributed by atoms with Crippen LogP contribution in [0.25, 0.3) is 11.3 Å². The van der Waals surface area contributed by atoms with Gasteiger partial charge in [0.2, 0.25) is 0 Å². The molecule has 0 spiro atoms. The zero-order valence-electron chi connectivity index (χ0n) is 14.7. The maximum Gasteiger partial charge on any atom is 0.266 e. The van der Waals surface area contributed by atoms with Crippen molar-refractivity contribution in [2.24, 2.45) is 0 Å². The highest BCUT2D eigenvalue weighted by molar-refractivity contribution is 5.56. The quantitative estimate of drug-likeness (QED) is 0.711. The fourth-order valence-corrected chi connectivity index (χ4v) is 3.47. The fourth-order valence-electron chi connectivity index (χ4n) is 3.47. The van der Waals surface area contributed by atoms with Gasteiger partial charge in [0.05, 0.1) is 23.8 Å². The Bertz CT molecular complexity index is 1040. The van der Waals surface area contributed by atoms with E-state index in [1.54, 1.807) is 36.8 Å². The highest BCUT2D eigenvalue weighted by atomic mass is 16.1. The first-order valence-electron chi connectivity index (χ1n) is 8.86. The van der Waals surface area contributed by atoms with Gasteiger partial charge in [0.25, 0.3) is 5.56 Å². The van der Waals surface area contributed by atoms with Gasteiger partial charge in [-0.05, 0) is 43.2 Å². The molecule has 1 aliphatic heterocycles. The van der Waals surface area contributed by atoms with Gasteiger partial charge in [-0.25, -0.2) is 9.67 Å². The molecule has 0 bridgehead atoms. The van der Waals surface area contributed by atoms with Crippen molar-refractivity contribution in [1.29, 1.82) is 5.26 Å². The molecule has 7 heteroatoms. The highest BCUT2D eigenvalue weighted by Gasteiger charge is 2.28. The summed E-state index contributed by atoms with van der Waals surface area (Å²) in [6, 6.07) is 12.8. The van der Waals surface area contributed by atoms with Crippen LogP contribution in [-0.4, -0.2) is 32.3 Å². The van der Waals surface area contributed by atoms with E-state index in [-0.39, 0.29) is 11.6 Å². The lowest BCUT2D eigenvalue weighted by Crippen LogP contribution is -2.37. The number of rotatable bonds is 4. The molecule has 1 unspecified atom stereocenters. The zero-order valence-corrected chi connectivity index (χ0v) is 14.7. The van der Waals surface area contributed by atoms with E-state index in [1.165, 1.54) is 10.7 Å². The summed E-state index contributed by atoms with van der Waals surface area (Å²) in [6.07, 6.45) is 7.04. The molecular weight excluding hydrogens is 340 g/mol. The summed E-state index contributed by atoms with van der Waals surface area (Å²) in [7, 11) is 0. The van der Waals surface area contributed by atoms with Crippen molar-refractivity contribution in [2.75, 3.05) is 11.4 Å². The van der Waals surface area contributed by atoms with Gasteiger partial charge in [-0.15, -0.1) is 0 Å². The highest BCUT2D eigenvalue weighted by Crippen LogP contribution is 2.27. The fraction of sp³-hybridized carbons (Fsp3) is 0.250. The molecule has 27 heavy (non-hydrogen) atoms. The molecule has 3 aromatic heterocycles. The van der Waals surface area contributed by atoms with Crippen molar-refractivity contribution in [3.05, 3.63) is 70.9 Å². The molecule has 1 saturated heterocycles. The van der Waals surface area contributed by atoms with Gasteiger partial charge < -0.3 is 4.90 Å². The molecule has 1 atom stereocenters. The maximum atomic E-state index is 12.4. The lowest BCUT2D eigenvalue weighted by Gasteiger charge is -2.26. The standard InChI is InChI=1S/C20H18N6O/c21-12-15-4-2-10-23-20(15)25-11-3-6-17(25)14-26-19(27)8-7-18(24-26)16-5-1-9-22-13-16/h1-2,4-5,7-10,13,17H,3,6,11,14H2. The molecule has 7 nitrogen and oxygen atoms in total. The van der Waals surface area contributed by atoms with Crippen LogP contribution in [0.15, 0.2) is 59.8 Å². The third kappa shape index (κ3) is 3.42. The number of pyridine rings is 2. The van der Waals surface area contributed by atoms with Crippen LogP contribution in [0.1, 0.15) is 18.4 Å². The molecule has 0 aliphatic carbocycles. The van der Waals surface area contributed by atoms with E-state index in [1.807, 2.05) is 12.1 Å². The monoisotopic (exact) mass is 358 g/mol. The van der Waals surface area contributed by atoms with E-state index in [0.29, 0.717) is 23.6 Å². The second-order valence-corrected chi connectivity index (χ2v) is 6.46. The van der Waals surface area contributed by atoms with Crippen molar-refractivity contribution < 1.29 is 0 Å². The van der Waals surface area contributed by atoms with Crippen LogP contribution in [0.3, 0.4) is 0 Å². The topological polar surface area (TPSA) is 87.7 Å². The summed E-state index contributed by atoms with van der Waals surface area (Å²) in [6.45, 7) is 1.27. The lowest BCUT2D eigenvalue weighted by atomic mass is 10.2. The minimum Gasteiger partial charge on any atom is -0.351 e. The first-order chi connectivity index (χ1) is 13.3. The minimum absolute atomic E-state index is 0.0707. The van der Waals surface area contributed by atoms with E-state index in [9.17, 15) is 10.1 Å². The second kappa shape index (κ2) is 7.38. The van der Waals surface area contributed by atoms with Gasteiger partial charge in [-0.3, -0.25) is 9.78 Å². The predicted octanol–water partition coefficient (Wildman–Crippen LogP) is 2.24. The molecule has 0 amide bonds. The number of nitrogens with zero attached hydrogens (tertiary/aromatic N) is 6. The van der Waals surface area contributed by atoms with Crippen LogP contribution in [0.2, 0.25) is 0 Å². The van der Waals surface area contributed by atoms with E-state index >= 15 is 0 Å². The maximum absolute atomic E-state index is 12.4. The van der Waals surface area contributed by atoms with E-state index in [0.717, 1.165) is 24.9 Å². The molecule has 0 saturated carbocycles. The first kappa shape index (κ1) is 16.9. The van der Waals surface area contributed by atoms with Crippen LogP contribution < -0.4 is 10.5 Å². The van der Waals surface area contributed by atoms with Crippen LogP contribution >= 0.6 is 0 Å². The van der Waals surface area contributed by atoms with Gasteiger partial charge in [-0.1, -0.05) is 0 Å². The third-order valence-corrected chi connectivity index (χ3v) is 4.76. The van der Waals surface area contributed by atoms with Gasteiger partial charge in [0.15, 0.2) is 0 Å². The average Bonchev–Trinajstić information content (AvgIpc) is 3.18. The van der Waals surface area contributed by atoms with Crippen molar-refractivity contribution in [1.82, 2.24) is 19.7 Å². The van der Waals surface area contributed by atoms with Crippen LogP contribution in [-0.2, 0) is 6.54 Å². The number of hydrogen-bond donors (Lipinski definition) is 0. The van der Waals surface area contributed by atoms with Crippen LogP contribution in [0.4, 0.5) is 5.82 Å². The first-order valence-corrected chi connectivity index (χ1v) is 8.86. The predicted molar refractivity (Wildman–Crippen MR) is 101 cm³/mol. The molecule has 3 aromatic rings. The summed E-state index contributed by atoms with van der Waals surface area (Å²) in [5.74, 6) is 0.680. The molecular formula is C20H18N6O. The van der Waals surface area contributed by atoms with E-state index in [4.69, 9.17) is 0 Å². The summed E-state index contributed by atoms with van der Waals surface area (Å²) < 4.78 is 1.50. The molecule has 0 radical (unpaired) electrons. The van der Waals surface area contributed by atoms with Crippen molar-refractivity contribution >= 4 is 5.82 Å². The lowest BCUT2D eigenvalue weighted by molar-refractivity contribution is 0.488. The van der Waals surface area contributed by atoms with E-state index in [2.05, 4.69) is 26.0 Å². The van der Waals surface area contributed by atoms with E-state index < -0.39 is 0 Å². The van der Waals surface area contributed by atoms with Crippen LogP contribution in [0, 0.1) is 11.3 Å². The Kier molecular flexibility index (Phi) is 4.62. The second-order valence-electron chi connectivity index (χ2n) is 6.46. The molecule has 4 heterocycles. The smallest absolute Gasteiger partial charge is 0.266 e. The number of nitriles is 1. The van der Waals surface area contributed by atoms with Crippen molar-refractivity contribution in [3.63, 3.8) is 0 Å². The van der Waals surface area contributed by atoms with Crippen molar-refractivity contribution in [2.45, 2.75) is 25.4 Å². The molecule has 4 rings (SSSR count). The Labute approximate surface area is 156 Å². The number of anilines is 1. The normalized spacial score (nSPS) is 16.3. The molecule has 134 valence electrons. The number of hydrogen-bond acceptors (Lipinski definition) is 6. The third-order valence-electron chi connectivity index (χ3n) is 4.76. The SMILES string of the molecule is N#Cc1cccnc1N1CCCC1Cn1nc(-c2cccnc2)ccc1=O. The molecule has 1 aliphatic rings. The minimum atomic E-state index is -0.143. The summed E-state index contributed by atoms with van der Waals surface area (Å²) >= 11 is 0. The van der Waals surface area contributed by atoms with Crippen molar-refractivity contribution in [3.8, 4) is 17.3 Å². The Balaban J connectivity index is 1.64. The average molecular weight is 358 g/mol. The largest absolute Gasteiger partial charge is 0.351 e. The Morgan fingerprint density at radius 2 is 2.07 bits per heavy atom. The van der Waals surface area contributed by atoms with Gasteiger partial charge in [-0.2, -0.15) is 10.4 Å². The van der Waals surface area contributed by atoms with Gasteiger partial charge in [0, 0.05) is 36.8 Å². The number of aromatic nitrogens is 4. The molecule has 0 N–H and O–H groups in total. The zero-order chi connectivity index (χ0) is 18.6. The van der Waals surface area contributed by atoms with Crippen LogP contribution in [0.5, 0.6) is 0 Å². The summed E-state index contributed by atoms with van der Waals surface area (Å²) in [5.41, 5.74) is 1.98. The Hall–Kier alpha value is -3.53. The molecule has 1 fully saturated rings. The Morgan fingerprint density at radius 3 is 2.89 bits per heavy atom. The van der Waals surface area contributed by atoms with Gasteiger partial charge >= 0.3 is 0 Å².